The van der Waals surface area contributed by atoms with Crippen LogP contribution in [0.15, 0.2) is 30.3 Å². The first-order valence-corrected chi connectivity index (χ1v) is 5.79. The number of carbonyl (C=O) groups excluding carboxylic acids is 2. The molecule has 4 heteroatoms. The zero-order valence-corrected chi connectivity index (χ0v) is 10.3. The number of carbonyl (C=O) groups is 2. The van der Waals surface area contributed by atoms with Crippen LogP contribution in [0.5, 0.6) is 0 Å². The van der Waals surface area contributed by atoms with Crippen LogP contribution in [-0.4, -0.2) is 24.9 Å². The molecule has 0 aliphatic carbocycles. The molecule has 2 N–H and O–H groups in total. The Morgan fingerprint density at radius 3 is 2.50 bits per heavy atom. The van der Waals surface area contributed by atoms with Crippen LogP contribution >= 0.6 is 0 Å². The lowest BCUT2D eigenvalue weighted by atomic mass is 10.2. The van der Waals surface area contributed by atoms with Gasteiger partial charge in [-0.2, -0.15) is 0 Å². The van der Waals surface area contributed by atoms with Crippen LogP contribution in [0.2, 0.25) is 0 Å². The van der Waals surface area contributed by atoms with Crippen molar-refractivity contribution in [1.82, 2.24) is 10.6 Å². The maximum absolute atomic E-state index is 11.6. The van der Waals surface area contributed by atoms with Gasteiger partial charge in [0.15, 0.2) is 0 Å². The Balaban J connectivity index is 2.28. The van der Waals surface area contributed by atoms with E-state index in [9.17, 15) is 9.59 Å². The summed E-state index contributed by atoms with van der Waals surface area (Å²) in [4.78, 5) is 23.0. The molecule has 0 aromatic heterocycles. The smallest absolute Gasteiger partial charge is 0.251 e. The van der Waals surface area contributed by atoms with Crippen molar-refractivity contribution in [2.75, 3.05) is 13.1 Å². The molecule has 0 saturated heterocycles. The normalized spacial score (nSPS) is 8.94. The van der Waals surface area contributed by atoms with Crippen molar-refractivity contribution < 1.29 is 9.59 Å². The second kappa shape index (κ2) is 7.91. The van der Waals surface area contributed by atoms with Gasteiger partial charge >= 0.3 is 0 Å². The Labute approximate surface area is 107 Å². The predicted octanol–water partition coefficient (Wildman–Crippen LogP) is 0.946. The second-order valence-corrected chi connectivity index (χ2v) is 3.53. The van der Waals surface area contributed by atoms with Gasteiger partial charge in [-0.15, -0.1) is 5.92 Å². The van der Waals surface area contributed by atoms with Gasteiger partial charge in [-0.3, -0.25) is 9.59 Å². The molecule has 0 fully saturated rings. The van der Waals surface area contributed by atoms with Gasteiger partial charge in [0.2, 0.25) is 5.91 Å². The number of benzene rings is 1. The van der Waals surface area contributed by atoms with Gasteiger partial charge in [0.1, 0.15) is 0 Å². The van der Waals surface area contributed by atoms with Gasteiger partial charge in [-0.1, -0.05) is 31.0 Å². The second-order valence-electron chi connectivity index (χ2n) is 3.53. The van der Waals surface area contributed by atoms with E-state index in [2.05, 4.69) is 22.5 Å². The fourth-order valence-corrected chi connectivity index (χ4v) is 1.24. The number of nitrogens with one attached hydrogen (secondary N) is 2. The summed E-state index contributed by atoms with van der Waals surface area (Å²) in [6, 6.07) is 8.76. The fraction of sp³-hybridized carbons (Fsp3) is 0.286. The standard InChI is InChI=1S/C14H16N2O2/c1-2-3-7-10-15-13(17)11-16-14(18)12-8-5-4-6-9-12/h4-6,8-9H,2,10-11H2,1H3,(H,15,17)(H,16,18). The van der Waals surface area contributed by atoms with Gasteiger partial charge in [-0.25, -0.2) is 0 Å². The summed E-state index contributed by atoms with van der Waals surface area (Å²) >= 11 is 0. The Morgan fingerprint density at radius 2 is 1.83 bits per heavy atom. The minimum Gasteiger partial charge on any atom is -0.344 e. The van der Waals surface area contributed by atoms with Crippen LogP contribution in [0, 0.1) is 11.8 Å². The van der Waals surface area contributed by atoms with Crippen LogP contribution in [0.25, 0.3) is 0 Å². The summed E-state index contributed by atoms with van der Waals surface area (Å²) in [6.45, 7) is 2.21. The van der Waals surface area contributed by atoms with Crippen LogP contribution in [0.1, 0.15) is 23.7 Å². The van der Waals surface area contributed by atoms with Crippen molar-refractivity contribution in [3.63, 3.8) is 0 Å². The van der Waals surface area contributed by atoms with Gasteiger partial charge < -0.3 is 10.6 Å². The van der Waals surface area contributed by atoms with Crippen molar-refractivity contribution in [2.24, 2.45) is 0 Å². The first-order valence-electron chi connectivity index (χ1n) is 5.79. The highest BCUT2D eigenvalue weighted by Gasteiger charge is 2.06. The number of hydrogen-bond donors (Lipinski definition) is 2. The highest BCUT2D eigenvalue weighted by atomic mass is 16.2. The van der Waals surface area contributed by atoms with E-state index in [0.29, 0.717) is 12.1 Å². The molecule has 0 unspecified atom stereocenters. The molecule has 1 aromatic carbocycles. The van der Waals surface area contributed by atoms with E-state index < -0.39 is 0 Å². The van der Waals surface area contributed by atoms with Gasteiger partial charge in [0, 0.05) is 12.0 Å². The zero-order chi connectivity index (χ0) is 13.2. The summed E-state index contributed by atoms with van der Waals surface area (Å²) in [7, 11) is 0. The van der Waals surface area contributed by atoms with E-state index >= 15 is 0 Å². The maximum Gasteiger partial charge on any atom is 0.251 e. The number of amides is 2. The minimum atomic E-state index is -0.259. The monoisotopic (exact) mass is 244 g/mol. The molecule has 0 aliphatic heterocycles. The van der Waals surface area contributed by atoms with E-state index in [1.165, 1.54) is 0 Å². The Hall–Kier alpha value is -2.28. The molecule has 1 rings (SSSR count). The highest BCUT2D eigenvalue weighted by molar-refractivity contribution is 5.96. The largest absolute Gasteiger partial charge is 0.344 e. The third-order valence-corrected chi connectivity index (χ3v) is 2.12. The Bertz CT molecular complexity index is 458. The zero-order valence-electron chi connectivity index (χ0n) is 10.3. The summed E-state index contributed by atoms with van der Waals surface area (Å²) in [5.41, 5.74) is 0.538. The number of rotatable bonds is 4. The quantitative estimate of drug-likeness (QED) is 0.775. The topological polar surface area (TPSA) is 58.2 Å². The fourth-order valence-electron chi connectivity index (χ4n) is 1.24. The van der Waals surface area contributed by atoms with Crippen LogP contribution < -0.4 is 10.6 Å². The van der Waals surface area contributed by atoms with Crippen molar-refractivity contribution in [1.29, 1.82) is 0 Å². The maximum atomic E-state index is 11.6. The van der Waals surface area contributed by atoms with E-state index in [1.807, 2.05) is 13.0 Å². The molecule has 0 aliphatic rings. The third kappa shape index (κ3) is 5.17. The molecule has 0 saturated carbocycles. The molecular weight excluding hydrogens is 228 g/mol. The van der Waals surface area contributed by atoms with Gasteiger partial charge in [-0.05, 0) is 12.1 Å². The molecule has 18 heavy (non-hydrogen) atoms. The van der Waals surface area contributed by atoms with Crippen molar-refractivity contribution in [3.8, 4) is 11.8 Å². The first kappa shape index (κ1) is 13.8. The molecule has 4 nitrogen and oxygen atoms in total. The van der Waals surface area contributed by atoms with Crippen LogP contribution in [-0.2, 0) is 4.79 Å². The van der Waals surface area contributed by atoms with E-state index in [-0.39, 0.29) is 18.4 Å². The lowest BCUT2D eigenvalue weighted by Crippen LogP contribution is -2.37. The summed E-state index contributed by atoms with van der Waals surface area (Å²) in [5.74, 6) is 5.13. The Morgan fingerprint density at radius 1 is 1.11 bits per heavy atom. The average Bonchev–Trinajstić information content (AvgIpc) is 2.42. The highest BCUT2D eigenvalue weighted by Crippen LogP contribution is 1.96. The molecular formula is C14H16N2O2. The lowest BCUT2D eigenvalue weighted by molar-refractivity contribution is -0.119. The van der Waals surface area contributed by atoms with Crippen molar-refractivity contribution in [2.45, 2.75) is 13.3 Å². The van der Waals surface area contributed by atoms with Gasteiger partial charge in [0.25, 0.3) is 5.91 Å². The molecule has 2 amide bonds. The van der Waals surface area contributed by atoms with Crippen molar-refractivity contribution >= 4 is 11.8 Å². The van der Waals surface area contributed by atoms with E-state index in [1.54, 1.807) is 24.3 Å². The molecule has 0 heterocycles. The minimum absolute atomic E-state index is 0.0401. The Kier molecular flexibility index (Phi) is 6.05. The predicted molar refractivity (Wildman–Crippen MR) is 69.9 cm³/mol. The van der Waals surface area contributed by atoms with Gasteiger partial charge in [0.05, 0.1) is 13.1 Å². The van der Waals surface area contributed by atoms with Crippen LogP contribution in [0.4, 0.5) is 0 Å². The summed E-state index contributed by atoms with van der Waals surface area (Å²) in [5, 5.41) is 5.14. The molecule has 0 bridgehead atoms. The average molecular weight is 244 g/mol. The third-order valence-electron chi connectivity index (χ3n) is 2.12. The number of hydrogen-bond acceptors (Lipinski definition) is 2. The van der Waals surface area contributed by atoms with E-state index in [0.717, 1.165) is 6.42 Å². The molecule has 0 radical (unpaired) electrons. The van der Waals surface area contributed by atoms with Crippen molar-refractivity contribution in [3.05, 3.63) is 35.9 Å². The molecule has 0 atom stereocenters. The van der Waals surface area contributed by atoms with Crippen LogP contribution in [0.3, 0.4) is 0 Å². The molecule has 94 valence electrons. The SMILES string of the molecule is CCC#CCNC(=O)CNC(=O)c1ccccc1. The summed E-state index contributed by atoms with van der Waals surface area (Å²) in [6.07, 6.45) is 0.764. The summed E-state index contributed by atoms with van der Waals surface area (Å²) < 4.78 is 0. The molecule has 1 aromatic rings. The lowest BCUT2D eigenvalue weighted by Gasteiger charge is -2.04. The molecule has 0 spiro atoms. The first-order chi connectivity index (χ1) is 8.74. The van der Waals surface area contributed by atoms with E-state index in [4.69, 9.17) is 0 Å².